The van der Waals surface area contributed by atoms with Gasteiger partial charge in [0.2, 0.25) is 6.41 Å². The number of carbonyl (C=O) groups excluding carboxylic acids is 2. The number of nitrogens with two attached hydrogens (primary N) is 1. The summed E-state index contributed by atoms with van der Waals surface area (Å²) in [5, 5.41) is 0. The molecule has 0 aliphatic carbocycles. The fourth-order valence-electron chi connectivity index (χ4n) is 1.10. The van der Waals surface area contributed by atoms with E-state index in [0.717, 1.165) is 4.90 Å². The standard InChI is InChI=1S/C11H12N2O2/c1-2-3-11(15)13(8-14)10-6-4-9(12)5-7-10/h2-8H,12H2,1H3/b3-2-. The van der Waals surface area contributed by atoms with Gasteiger partial charge in [0, 0.05) is 5.69 Å². The molecule has 0 saturated carbocycles. The topological polar surface area (TPSA) is 63.4 Å². The summed E-state index contributed by atoms with van der Waals surface area (Å²) in [4.78, 5) is 23.2. The van der Waals surface area contributed by atoms with Gasteiger partial charge in [0.05, 0.1) is 5.69 Å². The lowest BCUT2D eigenvalue weighted by Crippen LogP contribution is -2.27. The molecule has 78 valence electrons. The molecule has 0 aliphatic rings. The van der Waals surface area contributed by atoms with Gasteiger partial charge in [0.25, 0.3) is 5.91 Å². The minimum Gasteiger partial charge on any atom is -0.399 e. The van der Waals surface area contributed by atoms with Gasteiger partial charge in [-0.3, -0.25) is 9.59 Å². The summed E-state index contributed by atoms with van der Waals surface area (Å²) in [7, 11) is 0. The van der Waals surface area contributed by atoms with E-state index in [-0.39, 0.29) is 5.91 Å². The van der Waals surface area contributed by atoms with E-state index in [4.69, 9.17) is 5.73 Å². The highest BCUT2D eigenvalue weighted by Gasteiger charge is 2.10. The SMILES string of the molecule is C/C=C\C(=O)N(C=O)c1ccc(N)cc1. The summed E-state index contributed by atoms with van der Waals surface area (Å²) in [6, 6.07) is 6.50. The number of anilines is 2. The van der Waals surface area contributed by atoms with E-state index < -0.39 is 0 Å². The third-order valence-electron chi connectivity index (χ3n) is 1.82. The maximum absolute atomic E-state index is 11.4. The second-order valence-corrected chi connectivity index (χ2v) is 2.91. The molecule has 0 spiro atoms. The Morgan fingerprint density at radius 2 is 1.93 bits per heavy atom. The molecule has 0 aliphatic heterocycles. The van der Waals surface area contributed by atoms with E-state index in [0.29, 0.717) is 17.8 Å². The van der Waals surface area contributed by atoms with Crippen molar-refractivity contribution in [3.63, 3.8) is 0 Å². The van der Waals surface area contributed by atoms with Crippen molar-refractivity contribution in [1.29, 1.82) is 0 Å². The van der Waals surface area contributed by atoms with Crippen LogP contribution in [0.3, 0.4) is 0 Å². The zero-order chi connectivity index (χ0) is 11.3. The van der Waals surface area contributed by atoms with Crippen LogP contribution in [0.15, 0.2) is 36.4 Å². The monoisotopic (exact) mass is 204 g/mol. The van der Waals surface area contributed by atoms with Crippen LogP contribution in [0.2, 0.25) is 0 Å². The summed E-state index contributed by atoms with van der Waals surface area (Å²) in [5.41, 5.74) is 6.59. The van der Waals surface area contributed by atoms with Gasteiger partial charge < -0.3 is 5.73 Å². The Labute approximate surface area is 88.0 Å². The van der Waals surface area contributed by atoms with E-state index in [9.17, 15) is 9.59 Å². The Balaban J connectivity index is 2.97. The maximum atomic E-state index is 11.4. The van der Waals surface area contributed by atoms with E-state index in [1.54, 1.807) is 37.3 Å². The molecule has 4 nitrogen and oxygen atoms in total. The lowest BCUT2D eigenvalue weighted by atomic mass is 10.2. The zero-order valence-corrected chi connectivity index (χ0v) is 8.38. The molecule has 0 bridgehead atoms. The number of nitrogens with zero attached hydrogens (tertiary/aromatic N) is 1. The molecular formula is C11H12N2O2. The smallest absolute Gasteiger partial charge is 0.257 e. The molecule has 0 atom stereocenters. The molecule has 2 N–H and O–H groups in total. The molecule has 0 radical (unpaired) electrons. The molecule has 1 rings (SSSR count). The van der Waals surface area contributed by atoms with Gasteiger partial charge in [0.15, 0.2) is 0 Å². The quantitative estimate of drug-likeness (QED) is 0.459. The van der Waals surface area contributed by atoms with Crippen LogP contribution in [0.4, 0.5) is 11.4 Å². The molecule has 2 amide bonds. The van der Waals surface area contributed by atoms with Crippen molar-refractivity contribution in [3.8, 4) is 0 Å². The van der Waals surface area contributed by atoms with Crippen LogP contribution in [0.1, 0.15) is 6.92 Å². The second-order valence-electron chi connectivity index (χ2n) is 2.91. The van der Waals surface area contributed by atoms with Gasteiger partial charge in [0.1, 0.15) is 0 Å². The first kappa shape index (κ1) is 11.0. The Hall–Kier alpha value is -2.10. The first-order valence-corrected chi connectivity index (χ1v) is 4.45. The minimum absolute atomic E-state index is 0.378. The number of benzene rings is 1. The first-order chi connectivity index (χ1) is 7.19. The lowest BCUT2D eigenvalue weighted by Gasteiger charge is -2.13. The molecule has 15 heavy (non-hydrogen) atoms. The van der Waals surface area contributed by atoms with Crippen molar-refractivity contribution >= 4 is 23.7 Å². The fraction of sp³-hybridized carbons (Fsp3) is 0.0909. The molecule has 0 aromatic heterocycles. The summed E-state index contributed by atoms with van der Waals surface area (Å²) < 4.78 is 0. The van der Waals surface area contributed by atoms with Crippen LogP contribution in [-0.4, -0.2) is 12.3 Å². The number of hydrogen-bond acceptors (Lipinski definition) is 3. The largest absolute Gasteiger partial charge is 0.399 e. The van der Waals surface area contributed by atoms with Crippen LogP contribution in [0.25, 0.3) is 0 Å². The third kappa shape index (κ3) is 2.67. The van der Waals surface area contributed by atoms with Crippen molar-refractivity contribution < 1.29 is 9.59 Å². The highest BCUT2D eigenvalue weighted by atomic mass is 16.2. The van der Waals surface area contributed by atoms with Gasteiger partial charge in [-0.1, -0.05) is 6.08 Å². The average molecular weight is 204 g/mol. The zero-order valence-electron chi connectivity index (χ0n) is 8.38. The molecule has 4 heteroatoms. The number of rotatable bonds is 3. The number of carbonyl (C=O) groups is 2. The van der Waals surface area contributed by atoms with E-state index in [2.05, 4.69) is 0 Å². The predicted molar refractivity (Wildman–Crippen MR) is 59.2 cm³/mol. The van der Waals surface area contributed by atoms with Crippen molar-refractivity contribution in [2.75, 3.05) is 10.6 Å². The Morgan fingerprint density at radius 3 is 2.40 bits per heavy atom. The molecular weight excluding hydrogens is 192 g/mol. The fourth-order valence-corrected chi connectivity index (χ4v) is 1.10. The number of nitrogen functional groups attached to an aromatic ring is 1. The molecule has 0 saturated heterocycles. The molecule has 0 unspecified atom stereocenters. The maximum Gasteiger partial charge on any atom is 0.257 e. The summed E-state index contributed by atoms with van der Waals surface area (Å²) >= 11 is 0. The van der Waals surface area contributed by atoms with Gasteiger partial charge in [-0.05, 0) is 37.3 Å². The predicted octanol–water partition coefficient (Wildman–Crippen LogP) is 1.33. The normalized spacial score (nSPS) is 10.2. The van der Waals surface area contributed by atoms with Crippen molar-refractivity contribution in [2.45, 2.75) is 6.92 Å². The van der Waals surface area contributed by atoms with Crippen LogP contribution >= 0.6 is 0 Å². The number of hydrogen-bond donors (Lipinski definition) is 1. The highest BCUT2D eigenvalue weighted by Crippen LogP contribution is 2.15. The van der Waals surface area contributed by atoms with Gasteiger partial charge in [-0.15, -0.1) is 0 Å². The van der Waals surface area contributed by atoms with Gasteiger partial charge in [-0.2, -0.15) is 0 Å². The lowest BCUT2D eigenvalue weighted by molar-refractivity contribution is -0.118. The van der Waals surface area contributed by atoms with Gasteiger partial charge >= 0.3 is 0 Å². The minimum atomic E-state index is -0.378. The molecule has 1 aromatic carbocycles. The van der Waals surface area contributed by atoms with Crippen LogP contribution in [-0.2, 0) is 9.59 Å². The number of amides is 2. The van der Waals surface area contributed by atoms with Crippen LogP contribution in [0, 0.1) is 0 Å². The van der Waals surface area contributed by atoms with E-state index >= 15 is 0 Å². The molecule has 0 heterocycles. The molecule has 0 fully saturated rings. The van der Waals surface area contributed by atoms with Gasteiger partial charge in [-0.25, -0.2) is 4.90 Å². The summed E-state index contributed by atoms with van der Waals surface area (Å²) in [6.07, 6.45) is 3.38. The molecule has 1 aromatic rings. The van der Waals surface area contributed by atoms with Crippen LogP contribution < -0.4 is 10.6 Å². The van der Waals surface area contributed by atoms with E-state index in [1.807, 2.05) is 0 Å². The van der Waals surface area contributed by atoms with Crippen molar-refractivity contribution in [1.82, 2.24) is 0 Å². The second kappa shape index (κ2) is 4.95. The van der Waals surface area contributed by atoms with Crippen molar-refractivity contribution in [2.24, 2.45) is 0 Å². The van der Waals surface area contributed by atoms with E-state index in [1.165, 1.54) is 6.08 Å². The highest BCUT2D eigenvalue weighted by molar-refractivity contribution is 6.12. The Bertz CT molecular complexity index is 382. The van der Waals surface area contributed by atoms with Crippen LogP contribution in [0.5, 0.6) is 0 Å². The summed E-state index contributed by atoms with van der Waals surface area (Å²) in [6.45, 7) is 1.71. The van der Waals surface area contributed by atoms with Crippen molar-refractivity contribution in [3.05, 3.63) is 36.4 Å². The Kier molecular flexibility index (Phi) is 3.62. The third-order valence-corrected chi connectivity index (χ3v) is 1.82. The first-order valence-electron chi connectivity index (χ1n) is 4.45. The number of imide groups is 1. The summed E-state index contributed by atoms with van der Waals surface area (Å²) in [5.74, 6) is -0.378. The Morgan fingerprint density at radius 1 is 1.33 bits per heavy atom. The number of allylic oxidation sites excluding steroid dienone is 1. The average Bonchev–Trinajstić information content (AvgIpc) is 2.22.